The zero-order chi connectivity index (χ0) is 21.4. The van der Waals surface area contributed by atoms with E-state index in [2.05, 4.69) is 40.6 Å². The molecule has 2 amide bonds. The molecule has 0 fully saturated rings. The second-order valence-electron chi connectivity index (χ2n) is 6.98. The van der Waals surface area contributed by atoms with E-state index in [-0.39, 0.29) is 12.5 Å². The monoisotopic (exact) mass is 462 g/mol. The molecule has 0 spiro atoms. The summed E-state index contributed by atoms with van der Waals surface area (Å²) in [5.41, 5.74) is 7.20. The van der Waals surface area contributed by atoms with Gasteiger partial charge in [-0.15, -0.1) is 0 Å². The van der Waals surface area contributed by atoms with Crippen LogP contribution in [0.15, 0.2) is 40.9 Å². The quantitative estimate of drug-likeness (QED) is 0.565. The smallest absolute Gasteiger partial charge is 0.276 e. The second kappa shape index (κ2) is 10.9. The molecule has 0 unspecified atom stereocenters. The molecule has 2 aromatic carbocycles. The van der Waals surface area contributed by atoms with Gasteiger partial charge in [0.1, 0.15) is 11.5 Å². The van der Waals surface area contributed by atoms with Crippen LogP contribution in [0.4, 0.5) is 0 Å². The highest BCUT2D eigenvalue weighted by Gasteiger charge is 2.15. The molecular weight excluding hydrogens is 436 g/mol. The van der Waals surface area contributed by atoms with Crippen LogP contribution in [0.5, 0.6) is 11.5 Å². The number of benzene rings is 2. The van der Waals surface area contributed by atoms with E-state index >= 15 is 0 Å². The zero-order valence-corrected chi connectivity index (χ0v) is 18.8. The van der Waals surface area contributed by atoms with Crippen molar-refractivity contribution in [2.24, 2.45) is 0 Å². The zero-order valence-electron chi connectivity index (χ0n) is 17.2. The van der Waals surface area contributed by atoms with Gasteiger partial charge in [-0.2, -0.15) is 0 Å². The Bertz CT molecular complexity index is 868. The van der Waals surface area contributed by atoms with Crippen LogP contribution in [0.25, 0.3) is 0 Å². The van der Waals surface area contributed by atoms with Crippen molar-refractivity contribution in [1.29, 1.82) is 0 Å². The van der Waals surface area contributed by atoms with Crippen molar-refractivity contribution in [3.8, 4) is 11.5 Å². The molecule has 6 nitrogen and oxygen atoms in total. The van der Waals surface area contributed by atoms with Crippen molar-refractivity contribution in [2.45, 2.75) is 40.0 Å². The average molecular weight is 463 g/mol. The normalized spacial score (nSPS) is 10.6. The van der Waals surface area contributed by atoms with Crippen LogP contribution in [0.3, 0.4) is 0 Å². The molecule has 7 heteroatoms. The first-order valence-electron chi connectivity index (χ1n) is 9.56. The molecule has 0 atom stereocenters. The van der Waals surface area contributed by atoms with E-state index in [0.717, 1.165) is 22.0 Å². The molecule has 0 saturated heterocycles. The van der Waals surface area contributed by atoms with E-state index in [1.807, 2.05) is 32.0 Å². The van der Waals surface area contributed by atoms with Crippen LogP contribution < -0.4 is 20.3 Å². The molecule has 0 heterocycles. The largest absolute Gasteiger partial charge is 0.493 e. The molecule has 2 aromatic rings. The fraction of sp³-hybridized carbons (Fsp3) is 0.364. The van der Waals surface area contributed by atoms with Gasteiger partial charge < -0.3 is 9.47 Å². The maximum atomic E-state index is 12.5. The van der Waals surface area contributed by atoms with Crippen LogP contribution in [-0.4, -0.2) is 25.0 Å². The highest BCUT2D eigenvalue weighted by atomic mass is 79.9. The molecule has 0 radical (unpaired) electrons. The Morgan fingerprint density at radius 3 is 2.48 bits per heavy atom. The van der Waals surface area contributed by atoms with E-state index in [1.165, 1.54) is 0 Å². The first-order valence-corrected chi connectivity index (χ1v) is 10.4. The van der Waals surface area contributed by atoms with Crippen molar-refractivity contribution in [1.82, 2.24) is 10.9 Å². The molecule has 0 aliphatic heterocycles. The minimum Gasteiger partial charge on any atom is -0.493 e. The van der Waals surface area contributed by atoms with E-state index in [9.17, 15) is 9.59 Å². The first kappa shape index (κ1) is 22.7. The number of hydrogen-bond donors (Lipinski definition) is 2. The van der Waals surface area contributed by atoms with Gasteiger partial charge in [0.05, 0.1) is 12.2 Å². The van der Waals surface area contributed by atoms with Crippen molar-refractivity contribution < 1.29 is 19.1 Å². The number of rotatable bonds is 8. The van der Waals surface area contributed by atoms with E-state index in [1.54, 1.807) is 18.2 Å². The lowest BCUT2D eigenvalue weighted by Gasteiger charge is -2.15. The number of carbonyl (C=O) groups excluding carboxylic acids is 2. The lowest BCUT2D eigenvalue weighted by Crippen LogP contribution is -2.44. The minimum absolute atomic E-state index is 0.207. The average Bonchev–Trinajstić information content (AvgIpc) is 2.69. The summed E-state index contributed by atoms with van der Waals surface area (Å²) in [6, 6.07) is 11.1. The number of ether oxygens (including phenoxy) is 2. The second-order valence-corrected chi connectivity index (χ2v) is 7.89. The molecule has 2 rings (SSSR count). The van der Waals surface area contributed by atoms with Crippen LogP contribution in [0, 0.1) is 6.92 Å². The van der Waals surface area contributed by atoms with Crippen molar-refractivity contribution >= 4 is 27.7 Å². The number of hydrazine groups is 1. The Kier molecular flexibility index (Phi) is 8.51. The predicted octanol–water partition coefficient (Wildman–Crippen LogP) is 4.51. The van der Waals surface area contributed by atoms with Gasteiger partial charge in [0.2, 0.25) is 0 Å². The van der Waals surface area contributed by atoms with E-state index < -0.39 is 11.8 Å². The van der Waals surface area contributed by atoms with E-state index in [0.29, 0.717) is 23.7 Å². The fourth-order valence-corrected chi connectivity index (χ4v) is 3.00. The Balaban J connectivity index is 1.96. The van der Waals surface area contributed by atoms with Gasteiger partial charge in [0, 0.05) is 4.47 Å². The van der Waals surface area contributed by atoms with Crippen molar-refractivity contribution in [3.63, 3.8) is 0 Å². The van der Waals surface area contributed by atoms with Gasteiger partial charge in [-0.05, 0) is 54.7 Å². The Morgan fingerprint density at radius 1 is 1.03 bits per heavy atom. The summed E-state index contributed by atoms with van der Waals surface area (Å²) in [5, 5.41) is 0. The number of carbonyl (C=O) groups is 2. The Labute approximate surface area is 180 Å². The molecule has 0 aromatic heterocycles. The molecule has 29 heavy (non-hydrogen) atoms. The van der Waals surface area contributed by atoms with Crippen LogP contribution >= 0.6 is 15.9 Å². The molecule has 2 N–H and O–H groups in total. The predicted molar refractivity (Wildman–Crippen MR) is 116 cm³/mol. The van der Waals surface area contributed by atoms with E-state index in [4.69, 9.17) is 9.47 Å². The summed E-state index contributed by atoms with van der Waals surface area (Å²) in [6.45, 7) is 8.37. The number of aryl methyl sites for hydroxylation is 1. The molecule has 0 bridgehead atoms. The SMILES string of the molecule is CCCOc1ccc(Br)cc1C(=O)NNC(=O)COc1cc(C)ccc1C(C)C. The maximum Gasteiger partial charge on any atom is 0.276 e. The van der Waals surface area contributed by atoms with Gasteiger partial charge in [0.25, 0.3) is 11.8 Å². The Hall–Kier alpha value is -2.54. The van der Waals surface area contributed by atoms with Crippen molar-refractivity contribution in [3.05, 3.63) is 57.6 Å². The van der Waals surface area contributed by atoms with Crippen molar-refractivity contribution in [2.75, 3.05) is 13.2 Å². The fourth-order valence-electron chi connectivity index (χ4n) is 2.63. The molecule has 0 saturated carbocycles. The van der Waals surface area contributed by atoms with Gasteiger partial charge in [-0.1, -0.05) is 48.8 Å². The third-order valence-electron chi connectivity index (χ3n) is 4.11. The lowest BCUT2D eigenvalue weighted by molar-refractivity contribution is -0.123. The number of amides is 2. The lowest BCUT2D eigenvalue weighted by atomic mass is 10.0. The standard InChI is InChI=1S/C22H27BrN2O4/c1-5-10-28-19-9-7-16(23)12-18(19)22(27)25-24-21(26)13-29-20-11-15(4)6-8-17(20)14(2)3/h6-9,11-12,14H,5,10,13H2,1-4H3,(H,24,26)(H,25,27). The van der Waals surface area contributed by atoms with Gasteiger partial charge >= 0.3 is 0 Å². The number of nitrogens with one attached hydrogen (secondary N) is 2. The number of halogens is 1. The van der Waals surface area contributed by atoms with Crippen LogP contribution in [0.2, 0.25) is 0 Å². The topological polar surface area (TPSA) is 76.7 Å². The minimum atomic E-state index is -0.468. The number of hydrogen-bond acceptors (Lipinski definition) is 4. The third-order valence-corrected chi connectivity index (χ3v) is 4.61. The van der Waals surface area contributed by atoms with Crippen LogP contribution in [0.1, 0.15) is 54.6 Å². The molecule has 156 valence electrons. The first-order chi connectivity index (χ1) is 13.8. The molecule has 0 aliphatic rings. The van der Waals surface area contributed by atoms with Gasteiger partial charge in [-0.25, -0.2) is 0 Å². The third kappa shape index (κ3) is 6.78. The summed E-state index contributed by atoms with van der Waals surface area (Å²) >= 11 is 3.34. The summed E-state index contributed by atoms with van der Waals surface area (Å²) in [5.74, 6) is 0.472. The van der Waals surface area contributed by atoms with Gasteiger partial charge in [-0.3, -0.25) is 20.4 Å². The molecular formula is C22H27BrN2O4. The summed E-state index contributed by atoms with van der Waals surface area (Å²) in [4.78, 5) is 24.6. The Morgan fingerprint density at radius 2 is 1.79 bits per heavy atom. The summed E-state index contributed by atoms with van der Waals surface area (Å²) in [7, 11) is 0. The maximum absolute atomic E-state index is 12.5. The molecule has 0 aliphatic carbocycles. The summed E-state index contributed by atoms with van der Waals surface area (Å²) < 4.78 is 12.0. The highest BCUT2D eigenvalue weighted by molar-refractivity contribution is 9.10. The highest BCUT2D eigenvalue weighted by Crippen LogP contribution is 2.27. The summed E-state index contributed by atoms with van der Waals surface area (Å²) in [6.07, 6.45) is 0.822. The van der Waals surface area contributed by atoms with Gasteiger partial charge in [0.15, 0.2) is 6.61 Å². The van der Waals surface area contributed by atoms with Crippen LogP contribution in [-0.2, 0) is 4.79 Å².